The first-order valence-corrected chi connectivity index (χ1v) is 7.76. The molecule has 0 aromatic heterocycles. The Kier molecular flexibility index (Phi) is 3.91. The Morgan fingerprint density at radius 1 is 1.29 bits per heavy atom. The molecule has 0 amide bonds. The largest absolute Gasteiger partial charge is 0.465 e. The minimum Gasteiger partial charge on any atom is -0.465 e. The van der Waals surface area contributed by atoms with Gasteiger partial charge in [0.1, 0.15) is 5.41 Å². The maximum atomic E-state index is 12.8. The summed E-state index contributed by atoms with van der Waals surface area (Å²) >= 11 is 0. The normalized spacial score (nSPS) is 24.6. The number of esters is 1. The molecule has 21 heavy (non-hydrogen) atoms. The molecule has 1 saturated carbocycles. The molecule has 1 unspecified atom stereocenters. The highest BCUT2D eigenvalue weighted by atomic mass is 16.5. The molecule has 1 atom stereocenters. The summed E-state index contributed by atoms with van der Waals surface area (Å²) in [6, 6.07) is 10.2. The predicted octanol–water partition coefficient (Wildman–Crippen LogP) is 3.65. The quantitative estimate of drug-likeness (QED) is 0.794. The highest BCUT2D eigenvalue weighted by Crippen LogP contribution is 2.47. The van der Waals surface area contributed by atoms with Crippen LogP contribution in [0, 0.1) is 5.41 Å². The van der Waals surface area contributed by atoms with Crippen molar-refractivity contribution in [2.75, 3.05) is 13.2 Å². The van der Waals surface area contributed by atoms with E-state index in [4.69, 9.17) is 4.74 Å². The average Bonchev–Trinajstić information content (AvgIpc) is 2.55. The van der Waals surface area contributed by atoms with Crippen molar-refractivity contribution in [1.82, 2.24) is 0 Å². The van der Waals surface area contributed by atoms with Crippen molar-refractivity contribution < 1.29 is 9.53 Å². The average molecular weight is 283 g/mol. The van der Waals surface area contributed by atoms with E-state index in [9.17, 15) is 4.79 Å². The minimum absolute atomic E-state index is 0.127. The van der Waals surface area contributed by atoms with Crippen molar-refractivity contribution >= 4 is 17.3 Å². The van der Waals surface area contributed by atoms with Crippen molar-refractivity contribution in [3.8, 4) is 0 Å². The third-order valence-corrected chi connectivity index (χ3v) is 4.45. The number of ether oxygens (including phenoxy) is 1. The van der Waals surface area contributed by atoms with Crippen LogP contribution in [0.15, 0.2) is 41.4 Å². The fourth-order valence-electron chi connectivity index (χ4n) is 3.53. The molecule has 3 heteroatoms. The number of aliphatic imine (C=N–C) groups is 1. The zero-order chi connectivity index (χ0) is 14.7. The molecule has 0 saturated heterocycles. The van der Waals surface area contributed by atoms with Crippen LogP contribution in [0.3, 0.4) is 0 Å². The molecule has 0 spiro atoms. The smallest absolute Gasteiger partial charge is 0.322 e. The van der Waals surface area contributed by atoms with E-state index in [1.165, 1.54) is 0 Å². The summed E-state index contributed by atoms with van der Waals surface area (Å²) in [5.41, 5.74) is 2.58. The van der Waals surface area contributed by atoms with Crippen molar-refractivity contribution in [1.29, 1.82) is 0 Å². The van der Waals surface area contributed by atoms with Crippen LogP contribution in [0.4, 0.5) is 0 Å². The maximum Gasteiger partial charge on any atom is 0.322 e. The fraction of sp³-hybridized carbons (Fsp3) is 0.444. The van der Waals surface area contributed by atoms with Gasteiger partial charge in [0.2, 0.25) is 0 Å². The Balaban J connectivity index is 2.09. The summed E-state index contributed by atoms with van der Waals surface area (Å²) in [6.07, 6.45) is 5.97. The van der Waals surface area contributed by atoms with Crippen molar-refractivity contribution in [3.05, 3.63) is 42.0 Å². The Hall–Kier alpha value is -1.90. The number of rotatable bonds is 3. The molecule has 2 aliphatic rings. The molecule has 0 N–H and O–H groups in total. The molecule has 1 aromatic carbocycles. The lowest BCUT2D eigenvalue weighted by molar-refractivity contribution is -0.149. The number of carbonyl (C=O) groups is 1. The number of nitrogens with zero attached hydrogens (tertiary/aromatic N) is 1. The lowest BCUT2D eigenvalue weighted by atomic mass is 9.64. The van der Waals surface area contributed by atoms with Gasteiger partial charge < -0.3 is 4.74 Å². The summed E-state index contributed by atoms with van der Waals surface area (Å²) < 4.78 is 5.43. The minimum atomic E-state index is -0.645. The van der Waals surface area contributed by atoms with Crippen LogP contribution in [0.5, 0.6) is 0 Å². The molecule has 3 rings (SSSR count). The second kappa shape index (κ2) is 5.84. The van der Waals surface area contributed by atoms with E-state index in [1.807, 2.05) is 25.1 Å². The Morgan fingerprint density at radius 2 is 2.10 bits per heavy atom. The van der Waals surface area contributed by atoms with Gasteiger partial charge in [-0.05, 0) is 37.3 Å². The molecule has 0 bridgehead atoms. The van der Waals surface area contributed by atoms with Gasteiger partial charge in [-0.25, -0.2) is 0 Å². The van der Waals surface area contributed by atoms with Gasteiger partial charge >= 0.3 is 5.97 Å². The standard InChI is InChI=1S/C18H21NO2/c1-2-21-17(20)18-12-7-6-10-16(18)19-13-11-15(18)14-8-4-3-5-9-14/h3-5,8-9,11H,2,6-7,10,12-13H2,1H3. The Bertz CT molecular complexity index is 588. The molecule has 1 aliphatic carbocycles. The summed E-state index contributed by atoms with van der Waals surface area (Å²) in [5, 5.41) is 0. The monoisotopic (exact) mass is 283 g/mol. The number of benzene rings is 1. The van der Waals surface area contributed by atoms with Gasteiger partial charge in [-0.1, -0.05) is 42.8 Å². The van der Waals surface area contributed by atoms with Crippen LogP contribution in [0.1, 0.15) is 38.2 Å². The van der Waals surface area contributed by atoms with E-state index >= 15 is 0 Å². The lowest BCUT2D eigenvalue weighted by Gasteiger charge is -2.40. The molecule has 1 aliphatic heterocycles. The van der Waals surface area contributed by atoms with E-state index in [0.29, 0.717) is 13.2 Å². The summed E-state index contributed by atoms with van der Waals surface area (Å²) in [7, 11) is 0. The number of hydrogen-bond acceptors (Lipinski definition) is 3. The lowest BCUT2D eigenvalue weighted by Crippen LogP contribution is -2.45. The zero-order valence-corrected chi connectivity index (χ0v) is 12.5. The molecule has 110 valence electrons. The molecule has 0 radical (unpaired) electrons. The highest BCUT2D eigenvalue weighted by molar-refractivity contribution is 6.18. The first-order valence-electron chi connectivity index (χ1n) is 7.76. The second-order valence-corrected chi connectivity index (χ2v) is 5.60. The first-order chi connectivity index (χ1) is 10.3. The van der Waals surface area contributed by atoms with Gasteiger partial charge in [0.05, 0.1) is 13.2 Å². The number of dihydropyridines is 1. The predicted molar refractivity (Wildman–Crippen MR) is 84.3 cm³/mol. The van der Waals surface area contributed by atoms with E-state index < -0.39 is 5.41 Å². The third-order valence-electron chi connectivity index (χ3n) is 4.45. The molecular weight excluding hydrogens is 262 g/mol. The van der Waals surface area contributed by atoms with Crippen LogP contribution in [0.2, 0.25) is 0 Å². The van der Waals surface area contributed by atoms with E-state index in [1.54, 1.807) is 0 Å². The first kappa shape index (κ1) is 14.1. The van der Waals surface area contributed by atoms with E-state index in [0.717, 1.165) is 42.5 Å². The second-order valence-electron chi connectivity index (χ2n) is 5.60. The van der Waals surface area contributed by atoms with Crippen LogP contribution in [-0.2, 0) is 9.53 Å². The summed E-state index contributed by atoms with van der Waals surface area (Å²) in [5.74, 6) is -0.127. The fourth-order valence-corrected chi connectivity index (χ4v) is 3.53. The molecular formula is C18H21NO2. The number of fused-ring (bicyclic) bond motifs is 1. The van der Waals surface area contributed by atoms with Gasteiger partial charge in [-0.15, -0.1) is 0 Å². The topological polar surface area (TPSA) is 38.7 Å². The van der Waals surface area contributed by atoms with E-state index in [2.05, 4.69) is 23.2 Å². The SMILES string of the molecule is CCOC(=O)C12CCCCC1=NCC=C2c1ccccc1. The van der Waals surface area contributed by atoms with Gasteiger partial charge in [0, 0.05) is 5.71 Å². The van der Waals surface area contributed by atoms with Gasteiger partial charge in [-0.2, -0.15) is 0 Å². The molecule has 1 fully saturated rings. The van der Waals surface area contributed by atoms with Crippen LogP contribution >= 0.6 is 0 Å². The Labute approximate surface area is 125 Å². The van der Waals surface area contributed by atoms with Crippen molar-refractivity contribution in [2.24, 2.45) is 10.4 Å². The number of carbonyl (C=O) groups excluding carboxylic acids is 1. The number of hydrogen-bond donors (Lipinski definition) is 0. The summed E-state index contributed by atoms with van der Waals surface area (Å²) in [6.45, 7) is 2.94. The maximum absolute atomic E-state index is 12.8. The van der Waals surface area contributed by atoms with Gasteiger partial charge in [0.25, 0.3) is 0 Å². The summed E-state index contributed by atoms with van der Waals surface area (Å²) in [4.78, 5) is 17.4. The molecule has 1 aromatic rings. The Morgan fingerprint density at radius 3 is 2.86 bits per heavy atom. The highest BCUT2D eigenvalue weighted by Gasteiger charge is 2.50. The van der Waals surface area contributed by atoms with Gasteiger partial charge in [-0.3, -0.25) is 9.79 Å². The van der Waals surface area contributed by atoms with Crippen LogP contribution in [-0.4, -0.2) is 24.8 Å². The molecule has 1 heterocycles. The van der Waals surface area contributed by atoms with Crippen molar-refractivity contribution in [3.63, 3.8) is 0 Å². The van der Waals surface area contributed by atoms with Crippen LogP contribution in [0.25, 0.3) is 5.57 Å². The molecule has 3 nitrogen and oxygen atoms in total. The zero-order valence-electron chi connectivity index (χ0n) is 12.5. The van der Waals surface area contributed by atoms with Crippen LogP contribution < -0.4 is 0 Å². The van der Waals surface area contributed by atoms with E-state index in [-0.39, 0.29) is 5.97 Å². The third kappa shape index (κ3) is 2.31. The van der Waals surface area contributed by atoms with Crippen molar-refractivity contribution in [2.45, 2.75) is 32.6 Å². The van der Waals surface area contributed by atoms with Gasteiger partial charge in [0.15, 0.2) is 0 Å².